The molecule has 4 aromatic rings. The van der Waals surface area contributed by atoms with Crippen LogP contribution in [-0.4, -0.2) is 24.7 Å². The van der Waals surface area contributed by atoms with Gasteiger partial charge in [0, 0.05) is 14.6 Å². The zero-order valence-corrected chi connectivity index (χ0v) is 23.5. The number of esters is 1. The lowest BCUT2D eigenvalue weighted by atomic mass is 10.0. The van der Waals surface area contributed by atoms with Crippen LogP contribution in [0.25, 0.3) is 10.1 Å². The van der Waals surface area contributed by atoms with Crippen molar-refractivity contribution in [1.82, 2.24) is 5.43 Å². The topological polar surface area (TPSA) is 77.0 Å². The van der Waals surface area contributed by atoms with Crippen LogP contribution in [0.5, 0.6) is 11.5 Å². The Morgan fingerprint density at radius 1 is 1.14 bits per heavy atom. The molecule has 1 N–H and O–H groups in total. The molecule has 1 heterocycles. The van der Waals surface area contributed by atoms with Crippen LogP contribution in [0.15, 0.2) is 70.2 Å². The quantitative estimate of drug-likeness (QED) is 0.0985. The first-order valence-corrected chi connectivity index (χ1v) is 13.5. The summed E-state index contributed by atoms with van der Waals surface area (Å²) in [4.78, 5) is 25.3. The molecular formula is C28H24BrClN2O4S. The van der Waals surface area contributed by atoms with Crippen molar-refractivity contribution in [2.75, 3.05) is 6.61 Å². The smallest absolute Gasteiger partial charge is 0.355 e. The number of hydrazone groups is 1. The summed E-state index contributed by atoms with van der Waals surface area (Å²) >= 11 is 11.2. The summed E-state index contributed by atoms with van der Waals surface area (Å²) in [5.74, 6) is 0.319. The number of thiophene rings is 1. The number of ether oxygens (including phenoxy) is 2. The van der Waals surface area contributed by atoms with Crippen LogP contribution >= 0.6 is 38.9 Å². The van der Waals surface area contributed by atoms with Gasteiger partial charge in [-0.15, -0.1) is 11.3 Å². The molecule has 190 valence electrons. The number of halogens is 2. The minimum Gasteiger partial charge on any atom is -0.483 e. The zero-order valence-electron chi connectivity index (χ0n) is 20.4. The second-order valence-electron chi connectivity index (χ2n) is 8.58. The molecule has 0 saturated carbocycles. The minimum atomic E-state index is -0.533. The summed E-state index contributed by atoms with van der Waals surface area (Å²) < 4.78 is 13.2. The lowest BCUT2D eigenvalue weighted by molar-refractivity contribution is -0.123. The van der Waals surface area contributed by atoms with Gasteiger partial charge < -0.3 is 9.47 Å². The van der Waals surface area contributed by atoms with E-state index in [-0.39, 0.29) is 12.5 Å². The molecule has 0 aliphatic rings. The van der Waals surface area contributed by atoms with Crippen LogP contribution in [0.4, 0.5) is 0 Å². The number of carbonyl (C=O) groups excluding carboxylic acids is 2. The fourth-order valence-electron chi connectivity index (χ4n) is 3.56. The van der Waals surface area contributed by atoms with Crippen molar-refractivity contribution in [3.8, 4) is 11.5 Å². The SMILES string of the molecule is Cc1cc(OCC(=O)N/N=C\c2cccc(OC(=O)c3sc4ccccc4c3Cl)c2)c(C(C)C)cc1Br. The second kappa shape index (κ2) is 11.9. The van der Waals surface area contributed by atoms with Gasteiger partial charge in [0.15, 0.2) is 6.61 Å². The molecule has 3 aromatic carbocycles. The maximum Gasteiger partial charge on any atom is 0.355 e. The number of aryl methyl sites for hydroxylation is 1. The lowest BCUT2D eigenvalue weighted by Gasteiger charge is -2.15. The van der Waals surface area contributed by atoms with Crippen molar-refractivity contribution < 1.29 is 19.1 Å². The van der Waals surface area contributed by atoms with Crippen molar-refractivity contribution in [1.29, 1.82) is 0 Å². The summed E-state index contributed by atoms with van der Waals surface area (Å²) in [7, 11) is 0. The Balaban J connectivity index is 1.35. The molecule has 0 aliphatic carbocycles. The van der Waals surface area contributed by atoms with E-state index in [1.807, 2.05) is 43.3 Å². The molecule has 0 spiro atoms. The van der Waals surface area contributed by atoms with Gasteiger partial charge in [-0.1, -0.05) is 71.7 Å². The predicted molar refractivity (Wildman–Crippen MR) is 152 cm³/mol. The van der Waals surface area contributed by atoms with Gasteiger partial charge >= 0.3 is 5.97 Å². The van der Waals surface area contributed by atoms with E-state index in [0.29, 0.717) is 27.0 Å². The average Bonchev–Trinajstić information content (AvgIpc) is 3.21. The summed E-state index contributed by atoms with van der Waals surface area (Å²) in [6.45, 7) is 5.92. The lowest BCUT2D eigenvalue weighted by Crippen LogP contribution is -2.25. The molecule has 0 aliphatic heterocycles. The molecule has 0 saturated heterocycles. The highest BCUT2D eigenvalue weighted by Crippen LogP contribution is 2.36. The van der Waals surface area contributed by atoms with E-state index in [1.165, 1.54) is 17.6 Å². The monoisotopic (exact) mass is 598 g/mol. The van der Waals surface area contributed by atoms with Gasteiger partial charge in [0.2, 0.25) is 0 Å². The molecule has 37 heavy (non-hydrogen) atoms. The van der Waals surface area contributed by atoms with Crippen LogP contribution in [0.2, 0.25) is 5.02 Å². The van der Waals surface area contributed by atoms with E-state index in [1.54, 1.807) is 24.3 Å². The van der Waals surface area contributed by atoms with E-state index in [9.17, 15) is 9.59 Å². The number of carbonyl (C=O) groups is 2. The first-order chi connectivity index (χ1) is 17.7. The average molecular weight is 600 g/mol. The molecule has 0 unspecified atom stereocenters. The Bertz CT molecular complexity index is 1500. The third kappa shape index (κ3) is 6.57. The third-order valence-corrected chi connectivity index (χ3v) is 7.97. The summed E-state index contributed by atoms with van der Waals surface area (Å²) in [5.41, 5.74) is 5.13. The predicted octanol–water partition coefficient (Wildman–Crippen LogP) is 7.50. The van der Waals surface area contributed by atoms with Crippen molar-refractivity contribution in [2.24, 2.45) is 5.10 Å². The van der Waals surface area contributed by atoms with Crippen LogP contribution in [0.1, 0.15) is 46.1 Å². The van der Waals surface area contributed by atoms with E-state index < -0.39 is 11.9 Å². The van der Waals surface area contributed by atoms with Gasteiger partial charge in [0.05, 0.1) is 11.2 Å². The number of benzene rings is 3. The number of amides is 1. The van der Waals surface area contributed by atoms with Gasteiger partial charge in [-0.25, -0.2) is 10.2 Å². The van der Waals surface area contributed by atoms with Gasteiger partial charge in [-0.3, -0.25) is 4.79 Å². The zero-order chi connectivity index (χ0) is 26.5. The molecule has 9 heteroatoms. The highest BCUT2D eigenvalue weighted by atomic mass is 79.9. The Labute approximate surface area is 232 Å². The second-order valence-corrected chi connectivity index (χ2v) is 10.9. The Morgan fingerprint density at radius 2 is 1.92 bits per heavy atom. The van der Waals surface area contributed by atoms with Crippen molar-refractivity contribution >= 4 is 67.0 Å². The fraction of sp³-hybridized carbons (Fsp3) is 0.179. The number of fused-ring (bicyclic) bond motifs is 1. The first kappa shape index (κ1) is 26.9. The Morgan fingerprint density at radius 3 is 2.68 bits per heavy atom. The minimum absolute atomic E-state index is 0.175. The number of hydrogen-bond donors (Lipinski definition) is 1. The molecule has 0 atom stereocenters. The maximum absolute atomic E-state index is 12.7. The van der Waals surface area contributed by atoms with E-state index >= 15 is 0 Å². The largest absolute Gasteiger partial charge is 0.483 e. The van der Waals surface area contributed by atoms with Crippen molar-refractivity contribution in [3.63, 3.8) is 0 Å². The fourth-order valence-corrected chi connectivity index (χ4v) is 5.30. The molecule has 6 nitrogen and oxygen atoms in total. The Hall–Kier alpha value is -3.20. The normalized spacial score (nSPS) is 11.3. The molecule has 0 bridgehead atoms. The molecule has 0 fully saturated rings. The van der Waals surface area contributed by atoms with Crippen LogP contribution in [0, 0.1) is 6.92 Å². The van der Waals surface area contributed by atoms with E-state index in [4.69, 9.17) is 21.1 Å². The highest BCUT2D eigenvalue weighted by molar-refractivity contribution is 9.10. The molecule has 4 rings (SSSR count). The number of nitrogens with zero attached hydrogens (tertiary/aromatic N) is 1. The molecule has 1 amide bonds. The van der Waals surface area contributed by atoms with Crippen LogP contribution in [-0.2, 0) is 4.79 Å². The molecule has 0 radical (unpaired) electrons. The molecule has 1 aromatic heterocycles. The van der Waals surface area contributed by atoms with E-state index in [0.717, 1.165) is 25.7 Å². The number of rotatable bonds is 8. The number of nitrogens with one attached hydrogen (secondary N) is 1. The Kier molecular flexibility index (Phi) is 8.63. The van der Waals surface area contributed by atoms with Gasteiger partial charge in [0.1, 0.15) is 16.4 Å². The van der Waals surface area contributed by atoms with Gasteiger partial charge in [-0.05, 0) is 59.9 Å². The van der Waals surface area contributed by atoms with Crippen molar-refractivity contribution in [3.05, 3.63) is 91.7 Å². The van der Waals surface area contributed by atoms with Gasteiger partial charge in [0.25, 0.3) is 5.91 Å². The van der Waals surface area contributed by atoms with Crippen LogP contribution < -0.4 is 14.9 Å². The standard InChI is InChI=1S/C28H24BrClN2O4S/c1-16(2)21-13-22(29)17(3)11-23(21)35-15-25(33)32-31-14-18-7-6-8-19(12-18)36-28(34)27-26(30)20-9-4-5-10-24(20)37-27/h4-14,16H,15H2,1-3H3,(H,32,33)/b31-14-. The highest BCUT2D eigenvalue weighted by Gasteiger charge is 2.19. The maximum atomic E-state index is 12.7. The molecular weight excluding hydrogens is 576 g/mol. The summed E-state index contributed by atoms with van der Waals surface area (Å²) in [5, 5.41) is 5.19. The summed E-state index contributed by atoms with van der Waals surface area (Å²) in [6, 6.07) is 18.3. The van der Waals surface area contributed by atoms with E-state index in [2.05, 4.69) is 40.3 Å². The number of hydrogen-bond acceptors (Lipinski definition) is 6. The summed E-state index contributed by atoms with van der Waals surface area (Å²) in [6.07, 6.45) is 1.46. The van der Waals surface area contributed by atoms with Crippen LogP contribution in [0.3, 0.4) is 0 Å². The third-order valence-electron chi connectivity index (χ3n) is 5.46. The van der Waals surface area contributed by atoms with Gasteiger partial charge in [-0.2, -0.15) is 5.10 Å². The van der Waals surface area contributed by atoms with Crippen molar-refractivity contribution in [2.45, 2.75) is 26.7 Å². The first-order valence-electron chi connectivity index (χ1n) is 11.5.